The van der Waals surface area contributed by atoms with Crippen molar-refractivity contribution in [2.75, 3.05) is 11.9 Å². The van der Waals surface area contributed by atoms with E-state index in [9.17, 15) is 0 Å². The highest BCUT2D eigenvalue weighted by Crippen LogP contribution is 2.32. The van der Waals surface area contributed by atoms with Crippen LogP contribution in [0.4, 0.5) is 5.69 Å². The molecular formula is C22H21BrN2. The molecule has 1 heterocycles. The quantitative estimate of drug-likeness (QED) is 0.390. The van der Waals surface area contributed by atoms with E-state index in [-0.39, 0.29) is 0 Å². The number of hydrogen-bond donors (Lipinski definition) is 1. The number of nitrogens with zero attached hydrogens (tertiary/aromatic N) is 1. The maximum atomic E-state index is 3.62. The predicted octanol–water partition coefficient (Wildman–Crippen LogP) is 6.37. The fraction of sp³-hybridized carbons (Fsp3) is 0.182. The number of nitrogens with one attached hydrogen (secondary N) is 1. The number of hydrogen-bond acceptors (Lipinski definition) is 1. The molecule has 0 bridgehead atoms. The highest BCUT2D eigenvalue weighted by molar-refractivity contribution is 9.10. The summed E-state index contributed by atoms with van der Waals surface area (Å²) in [7, 11) is 0. The third-order valence-electron chi connectivity index (χ3n) is 4.64. The lowest BCUT2D eigenvalue weighted by Gasteiger charge is -2.09. The topological polar surface area (TPSA) is 17.0 Å². The van der Waals surface area contributed by atoms with Crippen molar-refractivity contribution in [3.63, 3.8) is 0 Å². The molecule has 0 aliphatic carbocycles. The Kier molecular flexibility index (Phi) is 4.50. The van der Waals surface area contributed by atoms with Crippen molar-refractivity contribution in [3.05, 3.63) is 76.8 Å². The second-order valence-electron chi connectivity index (χ2n) is 6.48. The van der Waals surface area contributed by atoms with E-state index < -0.39 is 0 Å². The number of benzene rings is 3. The lowest BCUT2D eigenvalue weighted by molar-refractivity contribution is 0.701. The molecule has 4 aromatic rings. The van der Waals surface area contributed by atoms with Crippen molar-refractivity contribution < 1.29 is 0 Å². The van der Waals surface area contributed by atoms with Crippen molar-refractivity contribution in [3.8, 4) is 0 Å². The molecule has 126 valence electrons. The van der Waals surface area contributed by atoms with E-state index >= 15 is 0 Å². The Hall–Kier alpha value is -2.26. The van der Waals surface area contributed by atoms with E-state index in [4.69, 9.17) is 0 Å². The van der Waals surface area contributed by atoms with E-state index in [1.165, 1.54) is 33.1 Å². The van der Waals surface area contributed by atoms with E-state index in [0.717, 1.165) is 24.0 Å². The van der Waals surface area contributed by atoms with Crippen LogP contribution in [0.2, 0.25) is 0 Å². The van der Waals surface area contributed by atoms with E-state index in [2.05, 4.69) is 93.4 Å². The van der Waals surface area contributed by atoms with Gasteiger partial charge in [-0.25, -0.2) is 0 Å². The smallest absolute Gasteiger partial charge is 0.0492 e. The molecule has 0 aliphatic heterocycles. The molecule has 1 N–H and O–H groups in total. The maximum Gasteiger partial charge on any atom is 0.0492 e. The number of rotatable bonds is 5. The SMILES string of the molecule is Cc1ccc2c(c1)c1cc(Br)ccc1n2CCCNc1ccccc1. The number of aromatic nitrogens is 1. The van der Waals surface area contributed by atoms with Crippen LogP contribution < -0.4 is 5.32 Å². The molecule has 1 aromatic heterocycles. The minimum Gasteiger partial charge on any atom is -0.385 e. The summed E-state index contributed by atoms with van der Waals surface area (Å²) in [5.41, 5.74) is 5.11. The van der Waals surface area contributed by atoms with Gasteiger partial charge < -0.3 is 9.88 Å². The lowest BCUT2D eigenvalue weighted by atomic mass is 10.1. The van der Waals surface area contributed by atoms with Crippen molar-refractivity contribution in [2.45, 2.75) is 19.9 Å². The predicted molar refractivity (Wildman–Crippen MR) is 111 cm³/mol. The molecule has 25 heavy (non-hydrogen) atoms. The first-order valence-electron chi connectivity index (χ1n) is 8.69. The Morgan fingerprint density at radius 2 is 1.60 bits per heavy atom. The summed E-state index contributed by atoms with van der Waals surface area (Å²) in [5.74, 6) is 0. The summed E-state index contributed by atoms with van der Waals surface area (Å²) in [5, 5.41) is 6.16. The van der Waals surface area contributed by atoms with Gasteiger partial charge in [-0.3, -0.25) is 0 Å². The van der Waals surface area contributed by atoms with Crippen molar-refractivity contribution in [2.24, 2.45) is 0 Å². The van der Waals surface area contributed by atoms with Gasteiger partial charge in [0.1, 0.15) is 0 Å². The molecule has 2 nitrogen and oxygen atoms in total. The summed E-state index contributed by atoms with van der Waals surface area (Å²) < 4.78 is 3.58. The Labute approximate surface area is 156 Å². The Morgan fingerprint density at radius 3 is 2.40 bits per heavy atom. The molecule has 0 radical (unpaired) electrons. The molecule has 0 saturated heterocycles. The molecule has 0 saturated carbocycles. The Balaban J connectivity index is 1.61. The molecule has 0 fully saturated rings. The fourth-order valence-electron chi connectivity index (χ4n) is 3.46. The second-order valence-corrected chi connectivity index (χ2v) is 7.40. The van der Waals surface area contributed by atoms with Gasteiger partial charge in [0.25, 0.3) is 0 Å². The number of anilines is 1. The zero-order valence-corrected chi connectivity index (χ0v) is 15.9. The summed E-state index contributed by atoms with van der Waals surface area (Å²) >= 11 is 3.62. The van der Waals surface area contributed by atoms with Gasteiger partial charge in [0, 0.05) is 45.1 Å². The van der Waals surface area contributed by atoms with Crippen molar-refractivity contribution in [1.82, 2.24) is 4.57 Å². The highest BCUT2D eigenvalue weighted by Gasteiger charge is 2.10. The van der Waals surface area contributed by atoms with Crippen molar-refractivity contribution in [1.29, 1.82) is 0 Å². The summed E-state index contributed by atoms with van der Waals surface area (Å²) in [6.07, 6.45) is 1.08. The number of fused-ring (bicyclic) bond motifs is 3. The molecule has 0 unspecified atom stereocenters. The van der Waals surface area contributed by atoms with Crippen LogP contribution in [-0.4, -0.2) is 11.1 Å². The van der Waals surface area contributed by atoms with Crippen LogP contribution in [0.3, 0.4) is 0 Å². The zero-order valence-electron chi connectivity index (χ0n) is 14.3. The van der Waals surface area contributed by atoms with Crippen molar-refractivity contribution >= 4 is 43.4 Å². The Morgan fingerprint density at radius 1 is 0.880 bits per heavy atom. The van der Waals surface area contributed by atoms with Gasteiger partial charge in [-0.1, -0.05) is 45.8 Å². The molecule has 0 atom stereocenters. The molecule has 0 aliphatic rings. The molecule has 3 aromatic carbocycles. The number of halogens is 1. The van der Waals surface area contributed by atoms with E-state index in [1.54, 1.807) is 0 Å². The van der Waals surface area contributed by atoms with E-state index in [1.807, 2.05) is 6.07 Å². The largest absolute Gasteiger partial charge is 0.385 e. The fourth-order valence-corrected chi connectivity index (χ4v) is 3.82. The van der Waals surface area contributed by atoms with E-state index in [0.29, 0.717) is 0 Å². The third-order valence-corrected chi connectivity index (χ3v) is 5.14. The minimum absolute atomic E-state index is 0.966. The lowest BCUT2D eigenvalue weighted by Crippen LogP contribution is -2.06. The van der Waals surface area contributed by atoms with Crippen LogP contribution in [0.25, 0.3) is 21.8 Å². The monoisotopic (exact) mass is 392 g/mol. The minimum atomic E-state index is 0.966. The zero-order chi connectivity index (χ0) is 17.2. The first-order chi connectivity index (χ1) is 12.2. The molecule has 0 spiro atoms. The number of para-hydroxylation sites is 1. The average molecular weight is 393 g/mol. The van der Waals surface area contributed by atoms with Crippen LogP contribution in [0.1, 0.15) is 12.0 Å². The van der Waals surface area contributed by atoms with Gasteiger partial charge in [0.15, 0.2) is 0 Å². The van der Waals surface area contributed by atoms with Gasteiger partial charge in [-0.05, 0) is 55.8 Å². The molecular weight excluding hydrogens is 372 g/mol. The van der Waals surface area contributed by atoms with Gasteiger partial charge >= 0.3 is 0 Å². The first-order valence-corrected chi connectivity index (χ1v) is 9.49. The van der Waals surface area contributed by atoms with Gasteiger partial charge in [-0.2, -0.15) is 0 Å². The van der Waals surface area contributed by atoms with Crippen LogP contribution in [0, 0.1) is 6.92 Å². The van der Waals surface area contributed by atoms with Crippen LogP contribution in [0.5, 0.6) is 0 Å². The standard InChI is InChI=1S/C22H21BrN2/c1-16-8-10-21-19(14-16)20-15-17(23)9-11-22(20)25(21)13-5-12-24-18-6-3-2-4-7-18/h2-4,6-11,14-15,24H,5,12-13H2,1H3. The first kappa shape index (κ1) is 16.2. The molecule has 3 heteroatoms. The van der Waals surface area contributed by atoms with Gasteiger partial charge in [-0.15, -0.1) is 0 Å². The third kappa shape index (κ3) is 3.29. The Bertz CT molecular complexity index is 959. The normalized spacial score (nSPS) is 11.3. The van der Waals surface area contributed by atoms with Crippen LogP contribution in [0.15, 0.2) is 71.2 Å². The summed E-state index contributed by atoms with van der Waals surface area (Å²) in [6, 6.07) is 23.7. The molecule has 0 amide bonds. The number of aryl methyl sites for hydroxylation is 2. The average Bonchev–Trinajstić information content (AvgIpc) is 2.92. The maximum absolute atomic E-state index is 3.62. The highest BCUT2D eigenvalue weighted by atomic mass is 79.9. The second kappa shape index (κ2) is 6.93. The molecule has 4 rings (SSSR count). The summed E-state index contributed by atoms with van der Waals surface area (Å²) in [6.45, 7) is 4.13. The van der Waals surface area contributed by atoms with Crippen LogP contribution >= 0.6 is 15.9 Å². The van der Waals surface area contributed by atoms with Gasteiger partial charge in [0.2, 0.25) is 0 Å². The van der Waals surface area contributed by atoms with Gasteiger partial charge in [0.05, 0.1) is 0 Å². The van der Waals surface area contributed by atoms with Crippen LogP contribution in [-0.2, 0) is 6.54 Å². The summed E-state index contributed by atoms with van der Waals surface area (Å²) in [4.78, 5) is 0.